The lowest BCUT2D eigenvalue weighted by molar-refractivity contribution is -0.126. The molecule has 3 rings (SSSR count). The standard InChI is InChI=1S/C21H25N3O2/c22-19(16-8-3-1-4-9-16)14-23-20(25)18-12-7-13-24(15-18)21(26)17-10-5-2-6-11-17/h1-6,8-11,18-19H,7,12-15,22H2,(H,23,25). The Morgan fingerprint density at radius 1 is 1.08 bits per heavy atom. The second kappa shape index (κ2) is 8.63. The Kier molecular flexibility index (Phi) is 6.02. The maximum Gasteiger partial charge on any atom is 0.253 e. The molecule has 5 heteroatoms. The highest BCUT2D eigenvalue weighted by atomic mass is 16.2. The first-order chi connectivity index (χ1) is 12.6. The Hall–Kier alpha value is -2.66. The summed E-state index contributed by atoms with van der Waals surface area (Å²) in [4.78, 5) is 26.9. The van der Waals surface area contributed by atoms with Crippen LogP contribution in [0.5, 0.6) is 0 Å². The molecule has 1 saturated heterocycles. The molecule has 136 valence electrons. The van der Waals surface area contributed by atoms with E-state index in [-0.39, 0.29) is 23.8 Å². The molecular weight excluding hydrogens is 326 g/mol. The van der Waals surface area contributed by atoms with Crippen LogP contribution in [0.3, 0.4) is 0 Å². The zero-order chi connectivity index (χ0) is 18.4. The van der Waals surface area contributed by atoms with Crippen molar-refractivity contribution in [3.05, 3.63) is 71.8 Å². The summed E-state index contributed by atoms with van der Waals surface area (Å²) in [5.74, 6) is -0.217. The topological polar surface area (TPSA) is 75.4 Å². The lowest BCUT2D eigenvalue weighted by Crippen LogP contribution is -2.46. The van der Waals surface area contributed by atoms with E-state index in [4.69, 9.17) is 5.73 Å². The number of likely N-dealkylation sites (tertiary alicyclic amines) is 1. The van der Waals surface area contributed by atoms with E-state index in [9.17, 15) is 9.59 Å². The van der Waals surface area contributed by atoms with Crippen LogP contribution in [0.4, 0.5) is 0 Å². The molecule has 0 bridgehead atoms. The lowest BCUT2D eigenvalue weighted by Gasteiger charge is -2.32. The molecule has 0 radical (unpaired) electrons. The van der Waals surface area contributed by atoms with E-state index in [0.717, 1.165) is 18.4 Å². The molecule has 5 nitrogen and oxygen atoms in total. The van der Waals surface area contributed by atoms with Crippen LogP contribution in [0.25, 0.3) is 0 Å². The molecule has 2 atom stereocenters. The number of piperidine rings is 1. The van der Waals surface area contributed by atoms with E-state index in [1.165, 1.54) is 0 Å². The van der Waals surface area contributed by atoms with Crippen molar-refractivity contribution in [3.8, 4) is 0 Å². The minimum atomic E-state index is -0.231. The Balaban J connectivity index is 1.54. The van der Waals surface area contributed by atoms with Gasteiger partial charge in [0, 0.05) is 31.2 Å². The van der Waals surface area contributed by atoms with Gasteiger partial charge in [0.2, 0.25) is 5.91 Å². The number of nitrogens with one attached hydrogen (secondary N) is 1. The Labute approximate surface area is 154 Å². The number of benzene rings is 2. The molecule has 0 aliphatic carbocycles. The first-order valence-electron chi connectivity index (χ1n) is 9.07. The van der Waals surface area contributed by atoms with Gasteiger partial charge < -0.3 is 16.0 Å². The fraction of sp³-hybridized carbons (Fsp3) is 0.333. The van der Waals surface area contributed by atoms with Crippen LogP contribution in [0.15, 0.2) is 60.7 Å². The van der Waals surface area contributed by atoms with Gasteiger partial charge in [-0.2, -0.15) is 0 Å². The maximum atomic E-state index is 12.6. The molecule has 1 heterocycles. The van der Waals surface area contributed by atoms with Gasteiger partial charge in [0.25, 0.3) is 5.91 Å². The average Bonchev–Trinajstić information content (AvgIpc) is 2.72. The molecule has 0 saturated carbocycles. The van der Waals surface area contributed by atoms with Gasteiger partial charge in [-0.3, -0.25) is 9.59 Å². The average molecular weight is 351 g/mol. The van der Waals surface area contributed by atoms with Crippen molar-refractivity contribution in [2.24, 2.45) is 11.7 Å². The van der Waals surface area contributed by atoms with Gasteiger partial charge in [0.1, 0.15) is 0 Å². The third-order valence-electron chi connectivity index (χ3n) is 4.82. The smallest absolute Gasteiger partial charge is 0.253 e. The van der Waals surface area contributed by atoms with Gasteiger partial charge in [-0.25, -0.2) is 0 Å². The number of hydrogen-bond acceptors (Lipinski definition) is 3. The molecule has 0 spiro atoms. The maximum absolute atomic E-state index is 12.6. The Morgan fingerprint density at radius 3 is 2.42 bits per heavy atom. The van der Waals surface area contributed by atoms with Gasteiger partial charge in [-0.05, 0) is 30.5 Å². The third-order valence-corrected chi connectivity index (χ3v) is 4.82. The zero-order valence-electron chi connectivity index (χ0n) is 14.8. The van der Waals surface area contributed by atoms with Crippen molar-refractivity contribution in [2.75, 3.05) is 19.6 Å². The van der Waals surface area contributed by atoms with Gasteiger partial charge in [-0.15, -0.1) is 0 Å². The van der Waals surface area contributed by atoms with E-state index >= 15 is 0 Å². The molecule has 3 N–H and O–H groups in total. The summed E-state index contributed by atoms with van der Waals surface area (Å²) in [5.41, 5.74) is 7.81. The quantitative estimate of drug-likeness (QED) is 0.868. The number of amides is 2. The van der Waals surface area contributed by atoms with Crippen LogP contribution in [0.2, 0.25) is 0 Å². The summed E-state index contributed by atoms with van der Waals surface area (Å²) in [6.45, 7) is 1.55. The predicted molar refractivity (Wildman–Crippen MR) is 101 cm³/mol. The van der Waals surface area contributed by atoms with Crippen LogP contribution in [-0.2, 0) is 4.79 Å². The van der Waals surface area contributed by atoms with Crippen LogP contribution in [-0.4, -0.2) is 36.3 Å². The summed E-state index contributed by atoms with van der Waals surface area (Å²) < 4.78 is 0. The van der Waals surface area contributed by atoms with Crippen LogP contribution in [0.1, 0.15) is 34.8 Å². The third kappa shape index (κ3) is 4.49. The lowest BCUT2D eigenvalue weighted by atomic mass is 9.96. The monoisotopic (exact) mass is 351 g/mol. The minimum Gasteiger partial charge on any atom is -0.354 e. The largest absolute Gasteiger partial charge is 0.354 e. The van der Waals surface area contributed by atoms with Gasteiger partial charge in [0.15, 0.2) is 0 Å². The molecule has 2 aromatic rings. The first kappa shape index (κ1) is 18.1. The Morgan fingerprint density at radius 2 is 1.73 bits per heavy atom. The molecular formula is C21H25N3O2. The van der Waals surface area contributed by atoms with Crippen molar-refractivity contribution in [3.63, 3.8) is 0 Å². The van der Waals surface area contributed by atoms with E-state index in [1.807, 2.05) is 60.7 Å². The van der Waals surface area contributed by atoms with Crippen molar-refractivity contribution in [1.29, 1.82) is 0 Å². The fourth-order valence-electron chi connectivity index (χ4n) is 3.31. The second-order valence-corrected chi connectivity index (χ2v) is 6.72. The van der Waals surface area contributed by atoms with Crippen LogP contribution < -0.4 is 11.1 Å². The van der Waals surface area contributed by atoms with Crippen molar-refractivity contribution < 1.29 is 9.59 Å². The van der Waals surface area contributed by atoms with Gasteiger partial charge in [0.05, 0.1) is 5.92 Å². The predicted octanol–water partition coefficient (Wildman–Crippen LogP) is 2.35. The number of carbonyl (C=O) groups is 2. The molecule has 2 aromatic carbocycles. The van der Waals surface area contributed by atoms with Crippen LogP contribution in [0, 0.1) is 5.92 Å². The molecule has 1 fully saturated rings. The normalized spacial score (nSPS) is 18.2. The number of rotatable bonds is 5. The first-order valence-corrected chi connectivity index (χ1v) is 9.07. The summed E-state index contributed by atoms with van der Waals surface area (Å²) >= 11 is 0. The summed E-state index contributed by atoms with van der Waals surface area (Å²) in [7, 11) is 0. The number of nitrogens with two attached hydrogens (primary N) is 1. The summed E-state index contributed by atoms with van der Waals surface area (Å²) in [5, 5.41) is 2.95. The molecule has 2 unspecified atom stereocenters. The zero-order valence-corrected chi connectivity index (χ0v) is 14.8. The van der Waals surface area contributed by atoms with Gasteiger partial charge >= 0.3 is 0 Å². The van der Waals surface area contributed by atoms with E-state index in [0.29, 0.717) is 25.2 Å². The fourth-order valence-corrected chi connectivity index (χ4v) is 3.31. The molecule has 1 aliphatic heterocycles. The molecule has 0 aromatic heterocycles. The molecule has 1 aliphatic rings. The number of hydrogen-bond donors (Lipinski definition) is 2. The highest BCUT2D eigenvalue weighted by Gasteiger charge is 2.29. The highest BCUT2D eigenvalue weighted by Crippen LogP contribution is 2.19. The SMILES string of the molecule is NC(CNC(=O)C1CCCN(C(=O)c2ccccc2)C1)c1ccccc1. The number of carbonyl (C=O) groups excluding carboxylic acids is 2. The summed E-state index contributed by atoms with van der Waals surface area (Å²) in [6.07, 6.45) is 1.63. The van der Waals surface area contributed by atoms with E-state index in [1.54, 1.807) is 4.90 Å². The van der Waals surface area contributed by atoms with Crippen molar-refractivity contribution >= 4 is 11.8 Å². The van der Waals surface area contributed by atoms with E-state index < -0.39 is 0 Å². The van der Waals surface area contributed by atoms with Crippen molar-refractivity contribution in [2.45, 2.75) is 18.9 Å². The van der Waals surface area contributed by atoms with Crippen LogP contribution >= 0.6 is 0 Å². The number of nitrogens with zero attached hydrogens (tertiary/aromatic N) is 1. The van der Waals surface area contributed by atoms with Crippen molar-refractivity contribution in [1.82, 2.24) is 10.2 Å². The van der Waals surface area contributed by atoms with Gasteiger partial charge in [-0.1, -0.05) is 48.5 Å². The Bertz CT molecular complexity index is 733. The minimum absolute atomic E-state index is 0.0101. The van der Waals surface area contributed by atoms with E-state index in [2.05, 4.69) is 5.32 Å². The summed E-state index contributed by atoms with van der Waals surface area (Å²) in [6, 6.07) is 18.7. The second-order valence-electron chi connectivity index (χ2n) is 6.72. The molecule has 2 amide bonds. The highest BCUT2D eigenvalue weighted by molar-refractivity contribution is 5.94. The molecule has 26 heavy (non-hydrogen) atoms.